The van der Waals surface area contributed by atoms with Crippen LogP contribution < -0.4 is 4.74 Å². The van der Waals surface area contributed by atoms with Gasteiger partial charge in [0.2, 0.25) is 0 Å². The lowest BCUT2D eigenvalue weighted by Crippen LogP contribution is -2.56. The van der Waals surface area contributed by atoms with Gasteiger partial charge in [-0.25, -0.2) is 0 Å². The highest BCUT2D eigenvalue weighted by Crippen LogP contribution is 2.45. The Labute approximate surface area is 233 Å². The van der Waals surface area contributed by atoms with E-state index < -0.39 is 8.32 Å². The standard InChI is InChI=1S/C33H52N2O2Si/c1-6-8-9-10-11-12-13-14-15-22-38(4,5)37-33(32-23-27-19-21-35(32)25-26(27)7-2)29-18-20-34-31-17-16-28(36-3)24-30(29)31/h6,16-18,20,24,26-27,32-33H,1,7-15,19,21-23,25H2,2-5H3/t26-,27-,32+,33-/m0/s1. The van der Waals surface area contributed by atoms with Crippen molar-refractivity contribution in [1.82, 2.24) is 9.88 Å². The molecule has 3 aliphatic rings. The summed E-state index contributed by atoms with van der Waals surface area (Å²) in [4.78, 5) is 7.46. The molecule has 4 nitrogen and oxygen atoms in total. The molecule has 0 spiro atoms. The lowest BCUT2D eigenvalue weighted by Gasteiger charge is -2.53. The first-order valence-electron chi connectivity index (χ1n) is 15.4. The number of nitrogens with zero attached hydrogens (tertiary/aromatic N) is 2. The van der Waals surface area contributed by atoms with Crippen molar-refractivity contribution >= 4 is 19.2 Å². The average Bonchev–Trinajstić information content (AvgIpc) is 2.94. The van der Waals surface area contributed by atoms with Crippen LogP contribution in [-0.4, -0.2) is 44.4 Å². The molecule has 0 N–H and O–H groups in total. The Morgan fingerprint density at radius 2 is 1.87 bits per heavy atom. The third-order valence-corrected chi connectivity index (χ3v) is 11.7. The molecule has 3 fully saturated rings. The van der Waals surface area contributed by atoms with Crippen molar-refractivity contribution in [3.8, 4) is 5.75 Å². The van der Waals surface area contributed by atoms with Gasteiger partial charge in [0.25, 0.3) is 0 Å². The molecule has 3 aliphatic heterocycles. The van der Waals surface area contributed by atoms with Crippen molar-refractivity contribution in [2.45, 2.75) is 109 Å². The van der Waals surface area contributed by atoms with Crippen LogP contribution in [0.1, 0.15) is 89.2 Å². The van der Waals surface area contributed by atoms with E-state index in [0.717, 1.165) is 29.5 Å². The maximum atomic E-state index is 7.36. The molecule has 0 saturated carbocycles. The second kappa shape index (κ2) is 14.1. The van der Waals surface area contributed by atoms with Crippen LogP contribution >= 0.6 is 0 Å². The molecule has 210 valence electrons. The highest BCUT2D eigenvalue weighted by Gasteiger charge is 2.45. The normalized spacial score (nSPS) is 24.0. The van der Waals surface area contributed by atoms with Gasteiger partial charge >= 0.3 is 0 Å². The van der Waals surface area contributed by atoms with Gasteiger partial charge in [-0.1, -0.05) is 57.9 Å². The molecule has 5 rings (SSSR count). The number of methoxy groups -OCH3 is 1. The first-order valence-corrected chi connectivity index (χ1v) is 18.5. The highest BCUT2D eigenvalue weighted by atomic mass is 28.4. The molecule has 38 heavy (non-hydrogen) atoms. The van der Waals surface area contributed by atoms with Gasteiger partial charge in [-0.3, -0.25) is 9.88 Å². The van der Waals surface area contributed by atoms with Gasteiger partial charge in [0.15, 0.2) is 8.32 Å². The fourth-order valence-electron chi connectivity index (χ4n) is 6.95. The van der Waals surface area contributed by atoms with Crippen LogP contribution in [0.25, 0.3) is 10.9 Å². The molecule has 0 aliphatic carbocycles. The molecule has 5 heteroatoms. The first kappa shape index (κ1) is 29.3. The van der Waals surface area contributed by atoms with Crippen LogP contribution in [-0.2, 0) is 4.43 Å². The second-order valence-electron chi connectivity index (χ2n) is 12.4. The summed E-state index contributed by atoms with van der Waals surface area (Å²) in [5, 5.41) is 1.19. The summed E-state index contributed by atoms with van der Waals surface area (Å²) in [7, 11) is -0.122. The molecule has 2 aromatic rings. The zero-order valence-corrected chi connectivity index (χ0v) is 25.6. The third-order valence-electron chi connectivity index (χ3n) is 9.23. The SMILES string of the molecule is C=CCCCCCCCCC[Si](C)(C)O[C@@H](c1ccnc2ccc(OC)cc12)[C@H]1C[C@@H]2CCN1C[C@@H]2CC. The summed E-state index contributed by atoms with van der Waals surface area (Å²) in [5.41, 5.74) is 2.34. The average molecular weight is 537 g/mol. The summed E-state index contributed by atoms with van der Waals surface area (Å²) in [6.07, 6.45) is 18.5. The van der Waals surface area contributed by atoms with E-state index in [0.29, 0.717) is 6.04 Å². The molecule has 2 bridgehead atoms. The predicted octanol–water partition coefficient (Wildman–Crippen LogP) is 8.93. The monoisotopic (exact) mass is 536 g/mol. The molecule has 1 aromatic heterocycles. The Balaban J connectivity index is 1.48. The number of allylic oxidation sites excluding steroid dienone is 1. The molecular weight excluding hydrogens is 484 g/mol. The lowest BCUT2D eigenvalue weighted by molar-refractivity contribution is -0.0509. The van der Waals surface area contributed by atoms with Crippen LogP contribution in [0.5, 0.6) is 5.75 Å². The Hall–Kier alpha value is -1.69. The van der Waals surface area contributed by atoms with E-state index in [9.17, 15) is 0 Å². The number of aromatic nitrogens is 1. The number of hydrogen-bond acceptors (Lipinski definition) is 4. The number of ether oxygens (including phenoxy) is 1. The van der Waals surface area contributed by atoms with Crippen molar-refractivity contribution in [3.63, 3.8) is 0 Å². The van der Waals surface area contributed by atoms with Crippen LogP contribution in [0, 0.1) is 11.8 Å². The van der Waals surface area contributed by atoms with E-state index in [1.165, 1.54) is 94.3 Å². The maximum Gasteiger partial charge on any atom is 0.187 e. The summed E-state index contributed by atoms with van der Waals surface area (Å²) < 4.78 is 13.0. The largest absolute Gasteiger partial charge is 0.497 e. The summed E-state index contributed by atoms with van der Waals surface area (Å²) in [6, 6.07) is 10.2. The summed E-state index contributed by atoms with van der Waals surface area (Å²) >= 11 is 0. The smallest absolute Gasteiger partial charge is 0.187 e. The minimum absolute atomic E-state index is 0.0970. The van der Waals surface area contributed by atoms with Crippen LogP contribution in [0.4, 0.5) is 0 Å². The van der Waals surface area contributed by atoms with Crippen LogP contribution in [0.3, 0.4) is 0 Å². The van der Waals surface area contributed by atoms with E-state index in [1.54, 1.807) is 7.11 Å². The highest BCUT2D eigenvalue weighted by molar-refractivity contribution is 6.71. The first-order chi connectivity index (χ1) is 18.5. The minimum Gasteiger partial charge on any atom is -0.497 e. The van der Waals surface area contributed by atoms with Gasteiger partial charge in [-0.15, -0.1) is 6.58 Å². The molecule has 1 unspecified atom stereocenters. The van der Waals surface area contributed by atoms with Crippen molar-refractivity contribution in [3.05, 3.63) is 48.7 Å². The Morgan fingerprint density at radius 3 is 2.55 bits per heavy atom. The fourth-order valence-corrected chi connectivity index (χ4v) is 9.14. The number of rotatable bonds is 16. The molecule has 1 aromatic carbocycles. The zero-order chi connectivity index (χ0) is 27.0. The van der Waals surface area contributed by atoms with Crippen molar-refractivity contribution in [2.24, 2.45) is 11.8 Å². The van der Waals surface area contributed by atoms with E-state index in [1.807, 2.05) is 18.3 Å². The summed E-state index contributed by atoms with van der Waals surface area (Å²) in [6.45, 7) is 13.5. The number of hydrogen-bond donors (Lipinski definition) is 0. The zero-order valence-electron chi connectivity index (χ0n) is 24.6. The number of benzene rings is 1. The molecule has 5 atom stereocenters. The maximum absolute atomic E-state index is 7.36. The Bertz CT molecular complexity index is 1030. The molecule has 0 radical (unpaired) electrons. The topological polar surface area (TPSA) is 34.6 Å². The van der Waals surface area contributed by atoms with Gasteiger partial charge < -0.3 is 9.16 Å². The summed E-state index contributed by atoms with van der Waals surface area (Å²) in [5.74, 6) is 2.57. The molecular formula is C33H52N2O2Si. The van der Waals surface area contributed by atoms with Crippen LogP contribution in [0.2, 0.25) is 19.1 Å². The fraction of sp³-hybridized carbons (Fsp3) is 0.667. The number of piperidine rings is 3. The minimum atomic E-state index is -1.87. The second-order valence-corrected chi connectivity index (χ2v) is 16.7. The molecule has 3 saturated heterocycles. The predicted molar refractivity (Wildman–Crippen MR) is 163 cm³/mol. The van der Waals surface area contributed by atoms with E-state index in [-0.39, 0.29) is 6.10 Å². The Kier molecular flexibility index (Phi) is 10.9. The van der Waals surface area contributed by atoms with Gasteiger partial charge in [0.05, 0.1) is 18.7 Å². The number of fused-ring (bicyclic) bond motifs is 4. The van der Waals surface area contributed by atoms with Gasteiger partial charge in [-0.05, 0) is 93.0 Å². The van der Waals surface area contributed by atoms with Gasteiger partial charge in [-0.2, -0.15) is 0 Å². The van der Waals surface area contributed by atoms with Crippen molar-refractivity contribution in [1.29, 1.82) is 0 Å². The van der Waals surface area contributed by atoms with Crippen molar-refractivity contribution < 1.29 is 9.16 Å². The quantitative estimate of drug-likeness (QED) is 0.122. The van der Waals surface area contributed by atoms with Gasteiger partial charge in [0, 0.05) is 24.2 Å². The van der Waals surface area contributed by atoms with E-state index in [4.69, 9.17) is 14.1 Å². The van der Waals surface area contributed by atoms with E-state index in [2.05, 4.69) is 49.7 Å². The third kappa shape index (κ3) is 7.48. The van der Waals surface area contributed by atoms with Crippen LogP contribution in [0.15, 0.2) is 43.1 Å². The van der Waals surface area contributed by atoms with Crippen molar-refractivity contribution in [2.75, 3.05) is 20.2 Å². The van der Waals surface area contributed by atoms with Gasteiger partial charge in [0.1, 0.15) is 5.75 Å². The Morgan fingerprint density at radius 1 is 1.11 bits per heavy atom. The number of pyridine rings is 1. The number of unbranched alkanes of at least 4 members (excludes halogenated alkanes) is 7. The van der Waals surface area contributed by atoms with E-state index >= 15 is 0 Å². The molecule has 0 amide bonds. The lowest BCUT2D eigenvalue weighted by atomic mass is 9.72. The molecule has 4 heterocycles.